The lowest BCUT2D eigenvalue weighted by Gasteiger charge is -2.35. The van der Waals surface area contributed by atoms with Crippen LogP contribution < -0.4 is 0 Å². The lowest BCUT2D eigenvalue weighted by atomic mass is 9.69. The highest BCUT2D eigenvalue weighted by molar-refractivity contribution is 5.43. The normalized spacial score (nSPS) is 23.0. The first-order chi connectivity index (χ1) is 11.6. The lowest BCUT2D eigenvalue weighted by molar-refractivity contribution is 0.411. The number of allylic oxidation sites excluding steroid dienone is 9. The molecule has 0 saturated heterocycles. The second-order valence-electron chi connectivity index (χ2n) is 6.43. The van der Waals surface area contributed by atoms with Crippen molar-refractivity contribution in [2.24, 2.45) is 5.92 Å². The van der Waals surface area contributed by atoms with Crippen LogP contribution in [0.15, 0.2) is 89.8 Å². The van der Waals surface area contributed by atoms with Gasteiger partial charge in [-0.2, -0.15) is 0 Å². The molecule has 2 atom stereocenters. The molecule has 1 aromatic carbocycles. The molecule has 0 spiro atoms. The molecule has 1 heteroatoms. The van der Waals surface area contributed by atoms with Gasteiger partial charge in [0, 0.05) is 5.92 Å². The third kappa shape index (κ3) is 4.17. The Labute approximate surface area is 146 Å². The molecule has 0 fully saturated rings. The van der Waals surface area contributed by atoms with Crippen LogP contribution >= 0.6 is 0 Å². The third-order valence-corrected chi connectivity index (χ3v) is 4.74. The van der Waals surface area contributed by atoms with E-state index in [1.54, 1.807) is 6.92 Å². The third-order valence-electron chi connectivity index (χ3n) is 4.74. The summed E-state index contributed by atoms with van der Waals surface area (Å²) in [6.07, 6.45) is 12.3. The van der Waals surface area contributed by atoms with Crippen LogP contribution in [-0.2, 0) is 0 Å². The molecule has 0 aliphatic heterocycles. The van der Waals surface area contributed by atoms with Crippen molar-refractivity contribution in [2.45, 2.75) is 39.5 Å². The molecule has 1 aliphatic carbocycles. The molecule has 0 unspecified atom stereocenters. The van der Waals surface area contributed by atoms with Crippen LogP contribution in [-0.4, -0.2) is 5.11 Å². The predicted octanol–water partition coefficient (Wildman–Crippen LogP) is 6.65. The molecular formula is C23H28O. The Kier molecular flexibility index (Phi) is 6.43. The van der Waals surface area contributed by atoms with Crippen molar-refractivity contribution in [3.8, 4) is 0 Å². The molecule has 0 radical (unpaired) electrons. The van der Waals surface area contributed by atoms with Crippen molar-refractivity contribution in [2.75, 3.05) is 0 Å². The van der Waals surface area contributed by atoms with Crippen molar-refractivity contribution in [1.82, 2.24) is 0 Å². The fourth-order valence-corrected chi connectivity index (χ4v) is 3.75. The van der Waals surface area contributed by atoms with Crippen molar-refractivity contribution in [1.29, 1.82) is 0 Å². The van der Waals surface area contributed by atoms with Gasteiger partial charge in [-0.25, -0.2) is 0 Å². The summed E-state index contributed by atoms with van der Waals surface area (Å²) in [7, 11) is 0. The Hall–Kier alpha value is -2.28. The van der Waals surface area contributed by atoms with E-state index in [-0.39, 0.29) is 0 Å². The van der Waals surface area contributed by atoms with Crippen molar-refractivity contribution < 1.29 is 5.11 Å². The van der Waals surface area contributed by atoms with Gasteiger partial charge in [0.15, 0.2) is 0 Å². The van der Waals surface area contributed by atoms with E-state index in [1.165, 1.54) is 22.3 Å². The fraction of sp³-hybridized carbons (Fsp3) is 0.304. The highest BCUT2D eigenvalue weighted by Crippen LogP contribution is 2.45. The Morgan fingerprint density at radius 3 is 2.54 bits per heavy atom. The Bertz CT molecular complexity index is 682. The molecule has 126 valence electrons. The summed E-state index contributed by atoms with van der Waals surface area (Å²) >= 11 is 0. The standard InChI is InChI=1S/C23H28O/c1-5-10-19(11-6-2)22-15-14-21(16-17(3)24)18(4)23(22)20-12-8-7-9-13-20/h5-13,16,22-24H,1,14-15H2,2-4H3/b11-6-,17-16+,19-10+/t22-,23+/m1/s1. The van der Waals surface area contributed by atoms with E-state index < -0.39 is 0 Å². The van der Waals surface area contributed by atoms with Crippen LogP contribution in [0.4, 0.5) is 0 Å². The van der Waals surface area contributed by atoms with Gasteiger partial charge < -0.3 is 5.11 Å². The number of rotatable bonds is 5. The molecule has 0 saturated carbocycles. The molecule has 2 rings (SSSR count). The van der Waals surface area contributed by atoms with Crippen LogP contribution in [0.1, 0.15) is 45.1 Å². The number of aliphatic hydroxyl groups is 1. The Morgan fingerprint density at radius 2 is 1.96 bits per heavy atom. The fourth-order valence-electron chi connectivity index (χ4n) is 3.75. The van der Waals surface area contributed by atoms with Crippen LogP contribution in [0.2, 0.25) is 0 Å². The van der Waals surface area contributed by atoms with E-state index in [9.17, 15) is 5.11 Å². The van der Waals surface area contributed by atoms with Crippen LogP contribution in [0.3, 0.4) is 0 Å². The first-order valence-corrected chi connectivity index (χ1v) is 8.65. The maximum Gasteiger partial charge on any atom is 0.0894 e. The summed E-state index contributed by atoms with van der Waals surface area (Å²) in [5.41, 5.74) is 5.27. The first-order valence-electron chi connectivity index (χ1n) is 8.65. The average Bonchev–Trinajstić information content (AvgIpc) is 2.57. The van der Waals surface area contributed by atoms with Crippen molar-refractivity contribution >= 4 is 0 Å². The van der Waals surface area contributed by atoms with Gasteiger partial charge in [0.1, 0.15) is 0 Å². The summed E-state index contributed by atoms with van der Waals surface area (Å²) in [6, 6.07) is 10.7. The monoisotopic (exact) mass is 320 g/mol. The molecule has 1 nitrogen and oxygen atoms in total. The number of benzene rings is 1. The average molecular weight is 320 g/mol. The highest BCUT2D eigenvalue weighted by atomic mass is 16.3. The molecule has 0 amide bonds. The number of aliphatic hydroxyl groups excluding tert-OH is 1. The lowest BCUT2D eigenvalue weighted by Crippen LogP contribution is -2.21. The molecule has 0 heterocycles. The minimum Gasteiger partial charge on any atom is -0.513 e. The molecule has 1 aliphatic rings. The van der Waals surface area contributed by atoms with E-state index in [1.807, 2.05) is 12.2 Å². The van der Waals surface area contributed by atoms with Crippen molar-refractivity contribution in [3.63, 3.8) is 0 Å². The second kappa shape index (κ2) is 8.54. The SMILES string of the molecule is C=C/C=C(\C=C/C)[C@H]1CCC(/C=C(\C)O)=C(C)[C@H]1c1ccccc1. The Morgan fingerprint density at radius 1 is 1.25 bits per heavy atom. The number of hydrogen-bond donors (Lipinski definition) is 1. The summed E-state index contributed by atoms with van der Waals surface area (Å²) in [5, 5.41) is 9.71. The van der Waals surface area contributed by atoms with E-state index >= 15 is 0 Å². The minimum absolute atomic E-state index is 0.327. The van der Waals surface area contributed by atoms with E-state index in [0.717, 1.165) is 12.8 Å². The van der Waals surface area contributed by atoms with Gasteiger partial charge in [0.2, 0.25) is 0 Å². The van der Waals surface area contributed by atoms with Gasteiger partial charge >= 0.3 is 0 Å². The zero-order valence-corrected chi connectivity index (χ0v) is 15.0. The molecule has 0 bridgehead atoms. The van der Waals surface area contributed by atoms with Crippen LogP contribution in [0, 0.1) is 5.92 Å². The molecular weight excluding hydrogens is 292 g/mol. The van der Waals surface area contributed by atoms with E-state index in [0.29, 0.717) is 17.6 Å². The quantitative estimate of drug-likeness (QED) is 0.476. The zero-order chi connectivity index (χ0) is 17.5. The Balaban J connectivity index is 2.56. The molecule has 24 heavy (non-hydrogen) atoms. The minimum atomic E-state index is 0.327. The highest BCUT2D eigenvalue weighted by Gasteiger charge is 2.31. The first kappa shape index (κ1) is 18.1. The topological polar surface area (TPSA) is 20.2 Å². The summed E-state index contributed by atoms with van der Waals surface area (Å²) < 4.78 is 0. The predicted molar refractivity (Wildman–Crippen MR) is 104 cm³/mol. The smallest absolute Gasteiger partial charge is 0.0894 e. The van der Waals surface area contributed by atoms with Gasteiger partial charge in [-0.1, -0.05) is 66.8 Å². The van der Waals surface area contributed by atoms with Crippen LogP contribution in [0.5, 0.6) is 0 Å². The van der Waals surface area contributed by atoms with E-state index in [2.05, 4.69) is 69.0 Å². The van der Waals surface area contributed by atoms with E-state index in [4.69, 9.17) is 0 Å². The summed E-state index contributed by atoms with van der Waals surface area (Å²) in [6.45, 7) is 9.89. The largest absolute Gasteiger partial charge is 0.513 e. The molecule has 1 N–H and O–H groups in total. The van der Waals surface area contributed by atoms with Gasteiger partial charge in [-0.15, -0.1) is 0 Å². The van der Waals surface area contributed by atoms with Gasteiger partial charge in [-0.05, 0) is 62.3 Å². The molecule has 1 aromatic rings. The summed E-state index contributed by atoms with van der Waals surface area (Å²) in [5.74, 6) is 1.13. The van der Waals surface area contributed by atoms with Crippen LogP contribution in [0.25, 0.3) is 0 Å². The van der Waals surface area contributed by atoms with Gasteiger partial charge in [0.05, 0.1) is 5.76 Å². The zero-order valence-electron chi connectivity index (χ0n) is 15.0. The summed E-state index contributed by atoms with van der Waals surface area (Å²) in [4.78, 5) is 0. The number of hydrogen-bond acceptors (Lipinski definition) is 1. The van der Waals surface area contributed by atoms with Gasteiger partial charge in [-0.3, -0.25) is 0 Å². The maximum atomic E-state index is 9.71. The van der Waals surface area contributed by atoms with Crippen molar-refractivity contribution in [3.05, 3.63) is 95.3 Å². The van der Waals surface area contributed by atoms with Gasteiger partial charge in [0.25, 0.3) is 0 Å². The maximum absolute atomic E-state index is 9.71. The molecule has 0 aromatic heterocycles. The second-order valence-corrected chi connectivity index (χ2v) is 6.43.